The van der Waals surface area contributed by atoms with E-state index in [4.69, 9.17) is 24.7 Å². The smallest absolute Gasteiger partial charge is 0.338 e. The number of anilines is 1. The van der Waals surface area contributed by atoms with Crippen molar-refractivity contribution in [1.82, 2.24) is 19.5 Å². The Morgan fingerprint density at radius 2 is 2.00 bits per heavy atom. The summed E-state index contributed by atoms with van der Waals surface area (Å²) in [5, 5.41) is 0. The minimum absolute atomic E-state index is 0.256. The number of benzene rings is 1. The molecule has 0 bridgehead atoms. The molecule has 2 aromatic heterocycles. The summed E-state index contributed by atoms with van der Waals surface area (Å²) >= 11 is 0. The minimum atomic E-state index is -0.825. The number of hydrogen-bond donors (Lipinski definition) is 1. The molecular formula is C20H21N5O5. The summed E-state index contributed by atoms with van der Waals surface area (Å²) in [6, 6.07) is 8.76. The van der Waals surface area contributed by atoms with Crippen molar-refractivity contribution in [3.8, 4) is 0 Å². The fourth-order valence-corrected chi connectivity index (χ4v) is 3.91. The van der Waals surface area contributed by atoms with E-state index in [1.807, 2.05) is 19.9 Å². The number of hydrogen-bond acceptors (Lipinski definition) is 9. The first-order valence-electron chi connectivity index (χ1n) is 9.59. The van der Waals surface area contributed by atoms with Gasteiger partial charge in [-0.05, 0) is 26.0 Å². The molecule has 4 heterocycles. The number of nitrogens with two attached hydrogens (primary N) is 1. The summed E-state index contributed by atoms with van der Waals surface area (Å²) in [5.41, 5.74) is 7.26. The van der Waals surface area contributed by atoms with E-state index < -0.39 is 30.2 Å². The van der Waals surface area contributed by atoms with Crippen molar-refractivity contribution in [2.75, 3.05) is 12.3 Å². The number of ether oxygens (including phenoxy) is 4. The maximum atomic E-state index is 12.9. The molecule has 1 aromatic carbocycles. The Bertz CT molecular complexity index is 1090. The number of fused-ring (bicyclic) bond motifs is 2. The summed E-state index contributed by atoms with van der Waals surface area (Å²) < 4.78 is 25.7. The van der Waals surface area contributed by atoms with Gasteiger partial charge in [-0.25, -0.2) is 19.7 Å². The molecule has 0 radical (unpaired) electrons. The highest BCUT2D eigenvalue weighted by atomic mass is 16.8. The number of nitrogen functional groups attached to an aromatic ring is 1. The second kappa shape index (κ2) is 7.01. The second-order valence-corrected chi connectivity index (χ2v) is 7.68. The summed E-state index contributed by atoms with van der Waals surface area (Å²) in [6.45, 7) is 3.90. The Hall–Kier alpha value is -3.08. The SMILES string of the molecule is CC1(C)O[C@@H]2[C@@H](OC(=O)c3ccccc3)[C@H](n3cnc4c(N)ncnc43)OC[C@@H]2O1. The number of aromatic nitrogens is 4. The average molecular weight is 411 g/mol. The highest BCUT2D eigenvalue weighted by molar-refractivity contribution is 5.89. The van der Waals surface area contributed by atoms with E-state index in [0.29, 0.717) is 16.7 Å². The summed E-state index contributed by atoms with van der Waals surface area (Å²) in [5.74, 6) is -1.05. The number of carbonyl (C=O) groups is 1. The Labute approximate surface area is 171 Å². The van der Waals surface area contributed by atoms with E-state index in [-0.39, 0.29) is 18.5 Å². The predicted octanol–water partition coefficient (Wildman–Crippen LogP) is 1.68. The van der Waals surface area contributed by atoms with E-state index in [1.54, 1.807) is 35.2 Å². The molecule has 2 aliphatic heterocycles. The van der Waals surface area contributed by atoms with Crippen molar-refractivity contribution in [2.24, 2.45) is 0 Å². The number of esters is 1. The summed E-state index contributed by atoms with van der Waals surface area (Å²) in [7, 11) is 0. The van der Waals surface area contributed by atoms with Gasteiger partial charge in [0.1, 0.15) is 24.1 Å². The van der Waals surface area contributed by atoms with Crippen LogP contribution in [0.1, 0.15) is 30.4 Å². The molecule has 156 valence electrons. The molecule has 10 nitrogen and oxygen atoms in total. The molecular weight excluding hydrogens is 390 g/mol. The van der Waals surface area contributed by atoms with Gasteiger partial charge in [-0.1, -0.05) is 18.2 Å². The normalized spacial score (nSPS) is 27.7. The molecule has 2 aliphatic rings. The number of rotatable bonds is 3. The minimum Gasteiger partial charge on any atom is -0.451 e. The molecule has 2 fully saturated rings. The maximum absolute atomic E-state index is 12.9. The molecule has 30 heavy (non-hydrogen) atoms. The monoisotopic (exact) mass is 411 g/mol. The summed E-state index contributed by atoms with van der Waals surface area (Å²) in [4.78, 5) is 25.4. The van der Waals surface area contributed by atoms with E-state index >= 15 is 0 Å². The molecule has 10 heteroatoms. The second-order valence-electron chi connectivity index (χ2n) is 7.68. The van der Waals surface area contributed by atoms with Crippen molar-refractivity contribution in [3.05, 3.63) is 48.5 Å². The number of carbonyl (C=O) groups excluding carboxylic acids is 1. The standard InChI is InChI=1S/C20H21N5O5/c1-20(2)29-12-8-27-18(25-10-24-13-16(21)22-9-23-17(13)25)15(14(12)30-20)28-19(26)11-6-4-3-5-7-11/h3-7,9-10,12,14-15,18H,8H2,1-2H3,(H2,21,22,23)/t12-,14-,15+,18+/m0/s1. The van der Waals surface area contributed by atoms with Crippen molar-refractivity contribution >= 4 is 23.0 Å². The van der Waals surface area contributed by atoms with Crippen LogP contribution >= 0.6 is 0 Å². The molecule has 3 aromatic rings. The quantitative estimate of drug-likeness (QED) is 0.641. The van der Waals surface area contributed by atoms with Gasteiger partial charge in [0, 0.05) is 0 Å². The van der Waals surface area contributed by atoms with Crippen molar-refractivity contribution in [1.29, 1.82) is 0 Å². The Morgan fingerprint density at radius 3 is 2.80 bits per heavy atom. The van der Waals surface area contributed by atoms with Crippen LogP contribution in [0.3, 0.4) is 0 Å². The lowest BCUT2D eigenvalue weighted by atomic mass is 10.0. The highest BCUT2D eigenvalue weighted by Crippen LogP contribution is 2.40. The maximum Gasteiger partial charge on any atom is 0.338 e. The van der Waals surface area contributed by atoms with Gasteiger partial charge in [0.15, 0.2) is 29.6 Å². The van der Waals surface area contributed by atoms with Gasteiger partial charge < -0.3 is 24.7 Å². The Morgan fingerprint density at radius 1 is 1.20 bits per heavy atom. The highest BCUT2D eigenvalue weighted by Gasteiger charge is 2.53. The molecule has 2 N–H and O–H groups in total. The zero-order valence-corrected chi connectivity index (χ0v) is 16.5. The molecule has 0 amide bonds. The third-order valence-corrected chi connectivity index (χ3v) is 5.17. The van der Waals surface area contributed by atoms with Gasteiger partial charge in [0.2, 0.25) is 0 Å². The largest absolute Gasteiger partial charge is 0.451 e. The van der Waals surface area contributed by atoms with E-state index in [0.717, 1.165) is 0 Å². The van der Waals surface area contributed by atoms with E-state index in [9.17, 15) is 4.79 Å². The summed E-state index contributed by atoms with van der Waals surface area (Å²) in [6.07, 6.45) is 0.473. The number of imidazole rings is 1. The lowest BCUT2D eigenvalue weighted by Crippen LogP contribution is -2.51. The molecule has 5 rings (SSSR count). The van der Waals surface area contributed by atoms with Crippen molar-refractivity contribution < 1.29 is 23.7 Å². The van der Waals surface area contributed by atoms with Crippen molar-refractivity contribution in [2.45, 2.75) is 44.2 Å². The van der Waals surface area contributed by atoms with Crippen LogP contribution in [0.4, 0.5) is 5.82 Å². The van der Waals surface area contributed by atoms with E-state index in [1.165, 1.54) is 6.33 Å². The Balaban J connectivity index is 1.53. The number of nitrogens with zero attached hydrogens (tertiary/aromatic N) is 4. The van der Waals surface area contributed by atoms with Gasteiger partial charge >= 0.3 is 5.97 Å². The van der Waals surface area contributed by atoms with Crippen LogP contribution in [0.25, 0.3) is 11.2 Å². The third-order valence-electron chi connectivity index (χ3n) is 5.17. The van der Waals surface area contributed by atoms with Crippen LogP contribution in [-0.4, -0.2) is 56.2 Å². The first kappa shape index (κ1) is 18.9. The fraction of sp³-hybridized carbons (Fsp3) is 0.400. The van der Waals surface area contributed by atoms with Crippen LogP contribution in [0.2, 0.25) is 0 Å². The van der Waals surface area contributed by atoms with Crippen LogP contribution in [0.15, 0.2) is 43.0 Å². The molecule has 0 unspecified atom stereocenters. The third kappa shape index (κ3) is 3.18. The zero-order chi connectivity index (χ0) is 20.9. The lowest BCUT2D eigenvalue weighted by Gasteiger charge is -2.37. The molecule has 0 aliphatic carbocycles. The van der Waals surface area contributed by atoms with Crippen molar-refractivity contribution in [3.63, 3.8) is 0 Å². The van der Waals surface area contributed by atoms with Gasteiger partial charge in [-0.15, -0.1) is 0 Å². The fourth-order valence-electron chi connectivity index (χ4n) is 3.91. The van der Waals surface area contributed by atoms with Crippen LogP contribution in [0, 0.1) is 0 Å². The van der Waals surface area contributed by atoms with Gasteiger partial charge in [-0.3, -0.25) is 4.57 Å². The van der Waals surface area contributed by atoms with E-state index in [2.05, 4.69) is 15.0 Å². The first-order valence-corrected chi connectivity index (χ1v) is 9.59. The van der Waals surface area contributed by atoms with Crippen LogP contribution < -0.4 is 5.73 Å². The average Bonchev–Trinajstić information content (AvgIpc) is 3.29. The zero-order valence-electron chi connectivity index (χ0n) is 16.5. The molecule has 0 saturated carbocycles. The van der Waals surface area contributed by atoms with Gasteiger partial charge in [-0.2, -0.15) is 0 Å². The lowest BCUT2D eigenvalue weighted by molar-refractivity contribution is -0.182. The molecule has 4 atom stereocenters. The molecule has 0 spiro atoms. The van der Waals surface area contributed by atoms with Crippen LogP contribution in [-0.2, 0) is 18.9 Å². The van der Waals surface area contributed by atoms with Crippen LogP contribution in [0.5, 0.6) is 0 Å². The molecule has 2 saturated heterocycles. The Kier molecular flexibility index (Phi) is 4.42. The van der Waals surface area contributed by atoms with Gasteiger partial charge in [0.25, 0.3) is 0 Å². The first-order chi connectivity index (χ1) is 14.4. The topological polar surface area (TPSA) is 124 Å². The van der Waals surface area contributed by atoms with Gasteiger partial charge in [0.05, 0.1) is 18.5 Å². The predicted molar refractivity (Wildman–Crippen MR) is 104 cm³/mol.